The molecule has 11 N–H and O–H groups in total. The molecule has 2 aliphatic heterocycles. The minimum absolute atomic E-state index is 0.00241. The van der Waals surface area contributed by atoms with E-state index in [9.17, 15) is 72.5 Å². The van der Waals surface area contributed by atoms with E-state index in [1.54, 1.807) is 114 Å². The fourth-order valence-corrected chi connectivity index (χ4v) is 16.0. The number of aliphatic hydroxyl groups excluding tert-OH is 1. The summed E-state index contributed by atoms with van der Waals surface area (Å²) in [7, 11) is 7.37. The Balaban J connectivity index is 1.09. The summed E-state index contributed by atoms with van der Waals surface area (Å²) < 4.78 is 16.7. The van der Waals surface area contributed by atoms with Crippen molar-refractivity contribution >= 4 is 110 Å². The van der Waals surface area contributed by atoms with E-state index in [0.29, 0.717) is 76.9 Å². The van der Waals surface area contributed by atoms with Gasteiger partial charge in [-0.25, -0.2) is 19.8 Å². The predicted molar refractivity (Wildman–Crippen MR) is 437 cm³/mol. The number of hydroxylamine groups is 2. The second-order valence-corrected chi connectivity index (χ2v) is 34.1. The highest BCUT2D eigenvalue weighted by Gasteiger charge is 2.43. The van der Waals surface area contributed by atoms with Crippen molar-refractivity contribution in [2.24, 2.45) is 40.4 Å². The molecule has 0 aromatic heterocycles. The fraction of sp³-hybridized carbons (Fsp3) is 0.605. The minimum Gasteiger partial charge on any atom is -0.507 e. The van der Waals surface area contributed by atoms with Gasteiger partial charge < -0.3 is 76.7 Å². The predicted octanol–water partition coefficient (Wildman–Crippen LogP) is 7.92. The number of phenols is 1. The molecule has 3 aromatic rings. The number of benzene rings is 3. The Kier molecular flexibility index (Phi) is 39.1. The molecule has 2 fully saturated rings. The Labute approximate surface area is 682 Å². The first kappa shape index (κ1) is 96.0. The maximum absolute atomic E-state index is 14.7. The van der Waals surface area contributed by atoms with Gasteiger partial charge in [-0.15, -0.1) is 5.06 Å². The molecule has 0 radical (unpaired) electrons. The highest BCUT2D eigenvalue weighted by atomic mass is 33.1. The number of carbonyl (C=O) groups excluding carboxylic acids is 13. The van der Waals surface area contributed by atoms with Crippen molar-refractivity contribution in [1.82, 2.24) is 51.8 Å². The van der Waals surface area contributed by atoms with Crippen molar-refractivity contribution in [1.29, 1.82) is 0 Å². The number of carbonyl (C=O) groups is 13. The lowest BCUT2D eigenvalue weighted by atomic mass is 9.91. The molecule has 636 valence electrons. The maximum atomic E-state index is 14.7. The van der Waals surface area contributed by atoms with Gasteiger partial charge in [0.2, 0.25) is 47.3 Å². The maximum Gasteiger partial charge on any atom is 0.410 e. The second-order valence-electron chi connectivity index (χ2n) is 30.9. The standard InChI is InChI=1S/C81H121N13O19S2/c1-17-50(8)60(35-36-65(98)93-41-22-27-61(93)73(110-16)51(9)74(103)84-53(11)72(102)55-24-19-18-20-25-55)91(14)78(107)70(48(4)5)88-77(106)71(49(6)7)92(15)80(109)112-46-54-29-31-56(32-30-54)85-75(104)59(26-21-40-83-79(82)108)86-76(105)69(47(2)3)87-63(96)39-43-114-115-81(12,13)45-64(97)90-89-52(10)58-34-33-57(44-62(58)95)111-42-23-28-68(101)113-94-66(99)37-38-67(94)100/h18-20,24-25,29-34,44,47-51,53,59-61,69-73,95,102H,17,21-23,26-28,35-43,45-46H2,1-16H3,(H,84,103)(H,85,104)(H,86,105)(H,87,96)(H,88,106)(H,90,97)(H3,82,83,108)/b89-52+/t50-,51+,53+,59-,60+,61+,69-,70-,71-,72+,73+/m0/s1. The number of nitrogens with one attached hydrogen (secondary N) is 7. The zero-order valence-electron chi connectivity index (χ0n) is 69.2. The van der Waals surface area contributed by atoms with E-state index in [2.05, 4.69) is 42.4 Å². The van der Waals surface area contributed by atoms with Crippen LogP contribution >= 0.6 is 21.6 Å². The number of nitrogens with zero attached hydrogens (tertiary/aromatic N) is 5. The molecule has 0 unspecified atom stereocenters. The molecule has 11 atom stereocenters. The van der Waals surface area contributed by atoms with Gasteiger partial charge in [0, 0.05) is 100 Å². The van der Waals surface area contributed by atoms with Crippen molar-refractivity contribution in [3.63, 3.8) is 0 Å². The van der Waals surface area contributed by atoms with Crippen LogP contribution in [-0.4, -0.2) is 213 Å². The molecule has 0 aliphatic carbocycles. The number of hydrogen-bond donors (Lipinski definition) is 10. The van der Waals surface area contributed by atoms with Gasteiger partial charge in [0.05, 0.1) is 48.9 Å². The number of aliphatic hydroxyl groups is 1. The highest BCUT2D eigenvalue weighted by molar-refractivity contribution is 8.77. The monoisotopic (exact) mass is 1640 g/mol. The summed E-state index contributed by atoms with van der Waals surface area (Å²) in [6.45, 7) is 23.8. The van der Waals surface area contributed by atoms with Crippen LogP contribution in [0.5, 0.6) is 11.5 Å². The van der Waals surface area contributed by atoms with E-state index in [0.717, 1.165) is 0 Å². The third-order valence-corrected chi connectivity index (χ3v) is 23.5. The van der Waals surface area contributed by atoms with Gasteiger partial charge in [-0.05, 0) is 125 Å². The molecule has 32 nitrogen and oxygen atoms in total. The number of methoxy groups -OCH3 is 1. The van der Waals surface area contributed by atoms with Crippen LogP contribution in [0.15, 0.2) is 77.9 Å². The second kappa shape index (κ2) is 46.9. The summed E-state index contributed by atoms with van der Waals surface area (Å²) in [6, 6.07) is 13.4. The summed E-state index contributed by atoms with van der Waals surface area (Å²) in [5.41, 5.74) is 9.93. The van der Waals surface area contributed by atoms with E-state index < -0.39 is 136 Å². The first-order chi connectivity index (χ1) is 54.3. The highest BCUT2D eigenvalue weighted by Crippen LogP contribution is 2.39. The molecule has 2 heterocycles. The number of phenolic OH excluding ortho intramolecular Hbond substituents is 1. The van der Waals surface area contributed by atoms with Crippen LogP contribution in [-0.2, 0) is 73.7 Å². The number of rotatable bonds is 46. The number of primary amides is 1. The van der Waals surface area contributed by atoms with E-state index >= 15 is 0 Å². The molecule has 0 saturated carbocycles. The molecule has 3 aromatic carbocycles. The summed E-state index contributed by atoms with van der Waals surface area (Å²) >= 11 is 0. The van der Waals surface area contributed by atoms with Crippen LogP contribution in [0, 0.1) is 29.6 Å². The summed E-state index contributed by atoms with van der Waals surface area (Å²) in [5, 5.41) is 43.0. The molecule has 5 rings (SSSR count). The average molecular weight is 1650 g/mol. The average Bonchev–Trinajstić information content (AvgIpc) is 1.65. The van der Waals surface area contributed by atoms with E-state index in [1.807, 2.05) is 59.7 Å². The Morgan fingerprint density at radius 3 is 2.02 bits per heavy atom. The number of urea groups is 1. The third kappa shape index (κ3) is 30.2. The van der Waals surface area contributed by atoms with E-state index in [-0.39, 0.29) is 113 Å². The largest absolute Gasteiger partial charge is 0.507 e. The normalized spacial score (nSPS) is 16.4. The zero-order valence-corrected chi connectivity index (χ0v) is 70.8. The van der Waals surface area contributed by atoms with Gasteiger partial charge in [-0.3, -0.25) is 52.8 Å². The lowest BCUT2D eigenvalue weighted by Gasteiger charge is -2.38. The van der Waals surface area contributed by atoms with Crippen molar-refractivity contribution < 1.29 is 91.6 Å². The van der Waals surface area contributed by atoms with Crippen LogP contribution in [0.3, 0.4) is 0 Å². The molecule has 2 saturated heterocycles. The number of hydrogen-bond acceptors (Lipinski definition) is 22. The Hall–Kier alpha value is -9.54. The molecular weight excluding hydrogens is 1520 g/mol. The smallest absolute Gasteiger partial charge is 0.410 e. The lowest BCUT2D eigenvalue weighted by Crippen LogP contribution is -2.58. The first-order valence-electron chi connectivity index (χ1n) is 39.3. The Bertz CT molecular complexity index is 3820. The van der Waals surface area contributed by atoms with E-state index in [4.69, 9.17) is 24.8 Å². The van der Waals surface area contributed by atoms with Gasteiger partial charge in [0.25, 0.3) is 11.8 Å². The van der Waals surface area contributed by atoms with Gasteiger partial charge >= 0.3 is 18.1 Å². The Morgan fingerprint density at radius 2 is 1.41 bits per heavy atom. The summed E-state index contributed by atoms with van der Waals surface area (Å²) in [5.74, 6) is -6.95. The number of hydrazone groups is 1. The molecule has 34 heteroatoms. The van der Waals surface area contributed by atoms with Gasteiger partial charge in [0.15, 0.2) is 0 Å². The van der Waals surface area contributed by atoms with Crippen molar-refractivity contribution in [3.8, 4) is 11.5 Å². The Morgan fingerprint density at radius 1 is 0.748 bits per heavy atom. The topological polar surface area (TPSA) is 435 Å². The lowest BCUT2D eigenvalue weighted by molar-refractivity contribution is -0.197. The van der Waals surface area contributed by atoms with Crippen LogP contribution in [0.2, 0.25) is 0 Å². The molecule has 13 amide bonds. The minimum atomic E-state index is -1.15. The number of nitrogens with two attached hydrogens (primary N) is 1. The van der Waals surface area contributed by atoms with Crippen LogP contribution in [0.1, 0.15) is 196 Å². The van der Waals surface area contributed by atoms with Crippen molar-refractivity contribution in [2.75, 3.05) is 52.0 Å². The van der Waals surface area contributed by atoms with Gasteiger partial charge in [-0.2, -0.15) is 5.10 Å². The van der Waals surface area contributed by atoms with Crippen molar-refractivity contribution in [2.45, 2.75) is 239 Å². The zero-order chi connectivity index (χ0) is 85.6. The van der Waals surface area contributed by atoms with Crippen molar-refractivity contribution in [3.05, 3.63) is 89.5 Å². The summed E-state index contributed by atoms with van der Waals surface area (Å²) in [4.78, 5) is 182. The van der Waals surface area contributed by atoms with Gasteiger partial charge in [-0.1, -0.05) is 133 Å². The van der Waals surface area contributed by atoms with E-state index in [1.165, 1.54) is 46.7 Å². The molecule has 115 heavy (non-hydrogen) atoms. The number of ether oxygens (including phenoxy) is 3. The number of anilines is 1. The number of imide groups is 1. The number of likely N-dealkylation sites (tertiary alicyclic amines) is 1. The number of amides is 13. The quantitative estimate of drug-likeness (QED) is 0.00843. The summed E-state index contributed by atoms with van der Waals surface area (Å²) in [6.07, 6.45) is 0.429. The molecule has 0 spiro atoms. The fourth-order valence-electron chi connectivity index (χ4n) is 13.5. The first-order valence-corrected chi connectivity index (χ1v) is 41.6. The molecule has 0 bridgehead atoms. The SMILES string of the molecule is CC[C@H](C)[C@@H](CCC(=O)N1CCC[C@@H]1[C@H](OC)[C@@H](C)C(=O)N[C@H](C)[C@@H](O)c1ccccc1)N(C)C(=O)[C@@H](NC(=O)[C@H](C(C)C)N(C)C(=O)OCc1ccc(NC(=O)[C@H](CCCNC(N)=O)NC(=O)[C@@H](NC(=O)CCSSC(C)(C)CC(=O)N/N=C(\C)c2ccc(OCCCC(=O)ON3C(=O)CCC3=O)cc2O)C(C)C)cc1)C(C)C. The third-order valence-electron chi connectivity index (χ3n) is 20.2. The number of likely N-dealkylation sites (N-methyl/N-ethyl adjacent to an activating group) is 2. The molecule has 2 aliphatic rings. The van der Waals surface area contributed by atoms with Crippen LogP contribution in [0.4, 0.5) is 15.3 Å². The van der Waals surface area contributed by atoms with Crippen LogP contribution < -0.4 is 47.8 Å². The molecular formula is C81H121N13O19S2. The van der Waals surface area contributed by atoms with Gasteiger partial charge in [0.1, 0.15) is 42.3 Å². The number of aromatic hydroxyl groups is 1. The van der Waals surface area contributed by atoms with Crippen LogP contribution in [0.25, 0.3) is 0 Å².